The van der Waals surface area contributed by atoms with Crippen molar-refractivity contribution in [2.24, 2.45) is 0 Å². The average Bonchev–Trinajstić information content (AvgIpc) is 2.69. The summed E-state index contributed by atoms with van der Waals surface area (Å²) in [6, 6.07) is 12.4. The molecule has 0 unspecified atom stereocenters. The molecule has 0 spiro atoms. The van der Waals surface area contributed by atoms with E-state index < -0.39 is 0 Å². The summed E-state index contributed by atoms with van der Waals surface area (Å²) in [5, 5.41) is 4.51. The quantitative estimate of drug-likeness (QED) is 0.621. The molecule has 2 aromatic heterocycles. The fraction of sp³-hybridized carbons (Fsp3) is 0.0714. The highest BCUT2D eigenvalue weighted by molar-refractivity contribution is 5.72. The first kappa shape index (κ1) is 10.0. The Hall–Kier alpha value is -2.16. The second-order valence-corrected chi connectivity index (χ2v) is 4.01. The van der Waals surface area contributed by atoms with Crippen LogP contribution in [0.2, 0.25) is 0 Å². The van der Waals surface area contributed by atoms with Crippen LogP contribution in [0.1, 0.15) is 5.56 Å². The molecule has 3 heteroatoms. The van der Waals surface area contributed by atoms with E-state index >= 15 is 0 Å². The van der Waals surface area contributed by atoms with Crippen molar-refractivity contribution in [3.05, 3.63) is 60.0 Å². The van der Waals surface area contributed by atoms with Crippen molar-refractivity contribution in [3.63, 3.8) is 0 Å². The number of pyridine rings is 1. The maximum atomic E-state index is 12.9. The Bertz CT molecular complexity index is 668. The molecule has 0 atom stereocenters. The molecule has 0 bridgehead atoms. The largest absolute Gasteiger partial charge is 0.240 e. The Balaban J connectivity index is 2.24. The summed E-state index contributed by atoms with van der Waals surface area (Å²) in [6.07, 6.45) is 1.91. The van der Waals surface area contributed by atoms with Crippen LogP contribution in [0.15, 0.2) is 48.7 Å². The lowest BCUT2D eigenvalue weighted by Gasteiger charge is -1.97. The van der Waals surface area contributed by atoms with Crippen molar-refractivity contribution < 1.29 is 4.39 Å². The smallest absolute Gasteiger partial charge is 0.123 e. The van der Waals surface area contributed by atoms with Gasteiger partial charge in [-0.1, -0.05) is 6.07 Å². The van der Waals surface area contributed by atoms with Crippen LogP contribution < -0.4 is 0 Å². The number of hydrogen-bond donors (Lipinski definition) is 0. The summed E-state index contributed by atoms with van der Waals surface area (Å²) in [6.45, 7) is 2.03. The predicted octanol–water partition coefficient (Wildman–Crippen LogP) is 3.45. The van der Waals surface area contributed by atoms with Crippen molar-refractivity contribution in [1.29, 1.82) is 0 Å². The van der Waals surface area contributed by atoms with E-state index in [1.807, 2.05) is 35.8 Å². The van der Waals surface area contributed by atoms with Crippen LogP contribution in [0.3, 0.4) is 0 Å². The van der Waals surface area contributed by atoms with Gasteiger partial charge in [-0.3, -0.25) is 0 Å². The molecular weight excluding hydrogens is 215 g/mol. The third-order valence-electron chi connectivity index (χ3n) is 2.90. The first-order chi connectivity index (χ1) is 8.25. The number of rotatable bonds is 1. The Labute approximate surface area is 98.3 Å². The number of aryl methyl sites for hydroxylation is 1. The van der Waals surface area contributed by atoms with Gasteiger partial charge in [0.15, 0.2) is 0 Å². The molecule has 1 aromatic carbocycles. The van der Waals surface area contributed by atoms with E-state index in [-0.39, 0.29) is 5.82 Å². The standard InChI is InChI=1S/C14H11FN2/c1-10-13-4-2-3-9-17(13)16-14(10)11-5-7-12(15)8-6-11/h2-9H,1H3. The number of hydrogen-bond acceptors (Lipinski definition) is 1. The van der Waals surface area contributed by atoms with Gasteiger partial charge in [0.1, 0.15) is 5.82 Å². The third-order valence-corrected chi connectivity index (χ3v) is 2.90. The van der Waals surface area contributed by atoms with E-state index in [2.05, 4.69) is 5.10 Å². The van der Waals surface area contributed by atoms with Gasteiger partial charge in [0, 0.05) is 17.3 Å². The van der Waals surface area contributed by atoms with Gasteiger partial charge in [0.05, 0.1) is 11.2 Å². The second kappa shape index (κ2) is 3.70. The van der Waals surface area contributed by atoms with E-state index in [4.69, 9.17) is 0 Å². The van der Waals surface area contributed by atoms with Crippen molar-refractivity contribution in [3.8, 4) is 11.3 Å². The van der Waals surface area contributed by atoms with Crippen molar-refractivity contribution >= 4 is 5.52 Å². The van der Waals surface area contributed by atoms with E-state index in [0.29, 0.717) is 0 Å². The second-order valence-electron chi connectivity index (χ2n) is 4.01. The normalized spacial score (nSPS) is 10.9. The zero-order valence-electron chi connectivity index (χ0n) is 9.39. The molecule has 3 rings (SSSR count). The van der Waals surface area contributed by atoms with Crippen molar-refractivity contribution in [2.45, 2.75) is 6.92 Å². The van der Waals surface area contributed by atoms with Gasteiger partial charge >= 0.3 is 0 Å². The maximum absolute atomic E-state index is 12.9. The summed E-state index contributed by atoms with van der Waals surface area (Å²) in [5.74, 6) is -0.227. The predicted molar refractivity (Wildman–Crippen MR) is 65.3 cm³/mol. The van der Waals surface area contributed by atoms with Crippen LogP contribution >= 0.6 is 0 Å². The molecule has 0 amide bonds. The summed E-state index contributed by atoms with van der Waals surface area (Å²) in [4.78, 5) is 0. The van der Waals surface area contributed by atoms with Crippen molar-refractivity contribution in [1.82, 2.24) is 9.61 Å². The average molecular weight is 226 g/mol. The Morgan fingerprint density at radius 2 is 1.82 bits per heavy atom. The van der Waals surface area contributed by atoms with Gasteiger partial charge in [-0.25, -0.2) is 8.91 Å². The molecular formula is C14H11FN2. The number of halogens is 1. The zero-order chi connectivity index (χ0) is 11.8. The SMILES string of the molecule is Cc1c(-c2ccc(F)cc2)nn2ccccc12. The minimum atomic E-state index is -0.227. The molecule has 17 heavy (non-hydrogen) atoms. The highest BCUT2D eigenvalue weighted by Crippen LogP contribution is 2.25. The first-order valence-electron chi connectivity index (χ1n) is 5.45. The van der Waals surface area contributed by atoms with Gasteiger partial charge < -0.3 is 0 Å². The zero-order valence-corrected chi connectivity index (χ0v) is 9.39. The molecule has 0 aliphatic carbocycles. The van der Waals surface area contributed by atoms with Gasteiger partial charge in [0.2, 0.25) is 0 Å². The lowest BCUT2D eigenvalue weighted by Crippen LogP contribution is -1.85. The van der Waals surface area contributed by atoms with E-state index in [0.717, 1.165) is 22.3 Å². The Morgan fingerprint density at radius 1 is 1.06 bits per heavy atom. The van der Waals surface area contributed by atoms with Crippen LogP contribution in [0.25, 0.3) is 16.8 Å². The molecule has 0 radical (unpaired) electrons. The molecule has 3 aromatic rings. The lowest BCUT2D eigenvalue weighted by atomic mass is 10.1. The Morgan fingerprint density at radius 3 is 2.53 bits per heavy atom. The topological polar surface area (TPSA) is 17.3 Å². The highest BCUT2D eigenvalue weighted by Gasteiger charge is 2.09. The third kappa shape index (κ3) is 1.60. The highest BCUT2D eigenvalue weighted by atomic mass is 19.1. The van der Waals surface area contributed by atoms with E-state index in [1.165, 1.54) is 12.1 Å². The van der Waals surface area contributed by atoms with Crippen LogP contribution in [-0.2, 0) is 0 Å². The number of nitrogens with zero attached hydrogens (tertiary/aromatic N) is 2. The van der Waals surface area contributed by atoms with Gasteiger partial charge in [-0.2, -0.15) is 5.10 Å². The summed E-state index contributed by atoms with van der Waals surface area (Å²) in [7, 11) is 0. The van der Waals surface area contributed by atoms with E-state index in [1.54, 1.807) is 12.1 Å². The number of aromatic nitrogens is 2. The van der Waals surface area contributed by atoms with Crippen LogP contribution in [-0.4, -0.2) is 9.61 Å². The minimum Gasteiger partial charge on any atom is -0.240 e. The lowest BCUT2D eigenvalue weighted by molar-refractivity contribution is 0.628. The molecule has 0 fully saturated rings. The Kier molecular flexibility index (Phi) is 2.18. The number of fused-ring (bicyclic) bond motifs is 1. The molecule has 0 aliphatic rings. The van der Waals surface area contributed by atoms with Crippen LogP contribution in [0.4, 0.5) is 4.39 Å². The minimum absolute atomic E-state index is 0.227. The first-order valence-corrected chi connectivity index (χ1v) is 5.45. The summed E-state index contributed by atoms with van der Waals surface area (Å²) in [5.41, 5.74) is 4.02. The molecule has 0 saturated heterocycles. The molecule has 0 saturated carbocycles. The fourth-order valence-electron chi connectivity index (χ4n) is 2.00. The monoisotopic (exact) mass is 226 g/mol. The van der Waals surface area contributed by atoms with Crippen LogP contribution in [0.5, 0.6) is 0 Å². The summed E-state index contributed by atoms with van der Waals surface area (Å²) >= 11 is 0. The maximum Gasteiger partial charge on any atom is 0.123 e. The van der Waals surface area contributed by atoms with Gasteiger partial charge in [0.25, 0.3) is 0 Å². The van der Waals surface area contributed by atoms with E-state index in [9.17, 15) is 4.39 Å². The molecule has 84 valence electrons. The molecule has 2 heterocycles. The molecule has 0 aliphatic heterocycles. The summed E-state index contributed by atoms with van der Waals surface area (Å²) < 4.78 is 14.7. The van der Waals surface area contributed by atoms with Gasteiger partial charge in [-0.05, 0) is 43.3 Å². The van der Waals surface area contributed by atoms with Crippen LogP contribution in [0, 0.1) is 12.7 Å². The fourth-order valence-corrected chi connectivity index (χ4v) is 2.00. The molecule has 2 nitrogen and oxygen atoms in total. The van der Waals surface area contributed by atoms with Gasteiger partial charge in [-0.15, -0.1) is 0 Å². The van der Waals surface area contributed by atoms with Crippen molar-refractivity contribution in [2.75, 3.05) is 0 Å². The number of benzene rings is 1. The molecule has 0 N–H and O–H groups in total.